The maximum absolute atomic E-state index is 11.1. The summed E-state index contributed by atoms with van der Waals surface area (Å²) in [6.45, 7) is 4.31. The number of hydrogen-bond acceptors (Lipinski definition) is 4. The monoisotopic (exact) mass is 298 g/mol. The van der Waals surface area contributed by atoms with Gasteiger partial charge < -0.3 is 9.47 Å². The number of benzene rings is 2. The van der Waals surface area contributed by atoms with Crippen LogP contribution >= 0.6 is 0 Å². The topological polar surface area (TPSA) is 52.6 Å². The van der Waals surface area contributed by atoms with Gasteiger partial charge in [0.15, 0.2) is 0 Å². The lowest BCUT2D eigenvalue weighted by molar-refractivity contribution is -0.177. The molecule has 0 aliphatic heterocycles. The SMILES string of the molecule is CC(=O)OC(OC(C)=O)C(C)=Cc1ccc2ccccc2c1. The van der Waals surface area contributed by atoms with Gasteiger partial charge in [-0.05, 0) is 35.4 Å². The largest absolute Gasteiger partial charge is 0.421 e. The first kappa shape index (κ1) is 15.8. The van der Waals surface area contributed by atoms with Crippen molar-refractivity contribution in [2.24, 2.45) is 0 Å². The van der Waals surface area contributed by atoms with Crippen molar-refractivity contribution in [2.45, 2.75) is 27.1 Å². The number of hydrogen-bond donors (Lipinski definition) is 0. The summed E-state index contributed by atoms with van der Waals surface area (Å²) < 4.78 is 10.1. The number of ether oxygens (including phenoxy) is 2. The normalized spacial score (nSPS) is 11.5. The molecule has 22 heavy (non-hydrogen) atoms. The Hall–Kier alpha value is -2.62. The maximum Gasteiger partial charge on any atom is 0.305 e. The Kier molecular flexibility index (Phi) is 4.94. The van der Waals surface area contributed by atoms with Gasteiger partial charge in [-0.1, -0.05) is 36.4 Å². The van der Waals surface area contributed by atoms with Crippen LogP contribution < -0.4 is 0 Å². The Balaban J connectivity index is 2.29. The molecule has 4 nitrogen and oxygen atoms in total. The Morgan fingerprint density at radius 2 is 1.50 bits per heavy atom. The third kappa shape index (κ3) is 4.19. The molecular weight excluding hydrogens is 280 g/mol. The maximum atomic E-state index is 11.1. The number of rotatable bonds is 4. The van der Waals surface area contributed by atoms with Gasteiger partial charge in [0, 0.05) is 19.4 Å². The molecule has 4 heteroatoms. The minimum Gasteiger partial charge on any atom is -0.421 e. The van der Waals surface area contributed by atoms with Gasteiger partial charge in [-0.25, -0.2) is 0 Å². The van der Waals surface area contributed by atoms with Gasteiger partial charge in [-0.15, -0.1) is 0 Å². The summed E-state index contributed by atoms with van der Waals surface area (Å²) in [4.78, 5) is 22.3. The van der Waals surface area contributed by atoms with Crippen LogP contribution in [0.5, 0.6) is 0 Å². The molecule has 0 aliphatic rings. The molecule has 0 aromatic heterocycles. The van der Waals surface area contributed by atoms with Crippen molar-refractivity contribution in [3.8, 4) is 0 Å². The van der Waals surface area contributed by atoms with Crippen molar-refractivity contribution < 1.29 is 19.1 Å². The molecule has 0 unspecified atom stereocenters. The third-order valence-corrected chi connectivity index (χ3v) is 3.09. The average molecular weight is 298 g/mol. The highest BCUT2D eigenvalue weighted by Gasteiger charge is 2.17. The molecule has 2 rings (SSSR count). The predicted molar refractivity (Wildman–Crippen MR) is 84.9 cm³/mol. The first-order chi connectivity index (χ1) is 10.5. The highest BCUT2D eigenvalue weighted by atomic mass is 16.7. The van der Waals surface area contributed by atoms with E-state index in [0.717, 1.165) is 16.3 Å². The first-order valence-electron chi connectivity index (χ1n) is 6.97. The van der Waals surface area contributed by atoms with Gasteiger partial charge in [-0.3, -0.25) is 9.59 Å². The summed E-state index contributed by atoms with van der Waals surface area (Å²) in [6, 6.07) is 14.0. The first-order valence-corrected chi connectivity index (χ1v) is 6.97. The Morgan fingerprint density at radius 3 is 2.09 bits per heavy atom. The zero-order valence-electron chi connectivity index (χ0n) is 12.8. The van der Waals surface area contributed by atoms with Gasteiger partial charge in [0.25, 0.3) is 6.29 Å². The standard InChI is InChI=1S/C18H18O4/c1-12(18(21-13(2)19)22-14(3)20)10-15-8-9-16-6-4-5-7-17(16)11-15/h4-11,18H,1-3H3. The molecule has 0 N–H and O–H groups in total. The van der Waals surface area contributed by atoms with E-state index in [1.54, 1.807) is 6.92 Å². The van der Waals surface area contributed by atoms with Crippen LogP contribution in [0.4, 0.5) is 0 Å². The summed E-state index contributed by atoms with van der Waals surface area (Å²) in [5.74, 6) is -1.00. The zero-order chi connectivity index (χ0) is 16.1. The van der Waals surface area contributed by atoms with E-state index in [0.29, 0.717) is 5.57 Å². The van der Waals surface area contributed by atoms with Crippen LogP contribution in [0.2, 0.25) is 0 Å². The van der Waals surface area contributed by atoms with E-state index in [2.05, 4.69) is 0 Å². The Labute approximate surface area is 129 Å². The number of fused-ring (bicyclic) bond motifs is 1. The Morgan fingerprint density at radius 1 is 0.909 bits per heavy atom. The lowest BCUT2D eigenvalue weighted by Crippen LogP contribution is -2.23. The van der Waals surface area contributed by atoms with Crippen molar-refractivity contribution in [2.75, 3.05) is 0 Å². The summed E-state index contributed by atoms with van der Waals surface area (Å²) in [5.41, 5.74) is 1.58. The fourth-order valence-electron chi connectivity index (χ4n) is 2.14. The molecule has 114 valence electrons. The molecule has 0 atom stereocenters. The van der Waals surface area contributed by atoms with Crippen LogP contribution in [-0.4, -0.2) is 18.2 Å². The van der Waals surface area contributed by atoms with Crippen LogP contribution in [0.15, 0.2) is 48.0 Å². The molecule has 0 fully saturated rings. The van der Waals surface area contributed by atoms with Crippen LogP contribution in [0.1, 0.15) is 26.3 Å². The Bertz CT molecular complexity index is 715. The van der Waals surface area contributed by atoms with Gasteiger partial charge in [0.05, 0.1) is 0 Å². The van der Waals surface area contributed by atoms with Crippen LogP contribution in [-0.2, 0) is 19.1 Å². The third-order valence-electron chi connectivity index (χ3n) is 3.09. The fraction of sp³-hybridized carbons (Fsp3) is 0.222. The summed E-state index contributed by atoms with van der Waals surface area (Å²) in [6.07, 6.45) is 0.838. The quantitative estimate of drug-likeness (QED) is 0.638. The zero-order valence-corrected chi connectivity index (χ0v) is 12.8. The molecule has 2 aromatic rings. The van der Waals surface area contributed by atoms with E-state index in [-0.39, 0.29) is 0 Å². The summed E-state index contributed by atoms with van der Waals surface area (Å²) >= 11 is 0. The van der Waals surface area contributed by atoms with Crippen LogP contribution in [0, 0.1) is 0 Å². The molecule has 0 bridgehead atoms. The summed E-state index contributed by atoms with van der Waals surface area (Å²) in [7, 11) is 0. The lowest BCUT2D eigenvalue weighted by Gasteiger charge is -2.17. The van der Waals surface area contributed by atoms with E-state index < -0.39 is 18.2 Å². The van der Waals surface area contributed by atoms with Crippen molar-refractivity contribution in [3.63, 3.8) is 0 Å². The number of carbonyl (C=O) groups excluding carboxylic acids is 2. The van der Waals surface area contributed by atoms with Gasteiger partial charge in [0.1, 0.15) is 0 Å². The van der Waals surface area contributed by atoms with Crippen LogP contribution in [0.25, 0.3) is 16.8 Å². The second-order valence-electron chi connectivity index (χ2n) is 5.05. The molecular formula is C18H18O4. The predicted octanol–water partition coefficient (Wildman–Crippen LogP) is 3.70. The van der Waals surface area contributed by atoms with Crippen molar-refractivity contribution in [1.82, 2.24) is 0 Å². The number of esters is 2. The number of carbonyl (C=O) groups is 2. The van der Waals surface area contributed by atoms with E-state index in [9.17, 15) is 9.59 Å². The molecule has 0 saturated heterocycles. The van der Waals surface area contributed by atoms with Gasteiger partial charge in [0.2, 0.25) is 0 Å². The second kappa shape index (κ2) is 6.89. The molecule has 0 amide bonds. The lowest BCUT2D eigenvalue weighted by atomic mass is 10.1. The van der Waals surface area contributed by atoms with Gasteiger partial charge >= 0.3 is 11.9 Å². The van der Waals surface area contributed by atoms with E-state index in [1.807, 2.05) is 48.5 Å². The van der Waals surface area contributed by atoms with Crippen molar-refractivity contribution >= 4 is 28.8 Å². The molecule has 0 aliphatic carbocycles. The van der Waals surface area contributed by atoms with Crippen LogP contribution in [0.3, 0.4) is 0 Å². The molecule has 2 aromatic carbocycles. The van der Waals surface area contributed by atoms with Crippen molar-refractivity contribution in [1.29, 1.82) is 0 Å². The van der Waals surface area contributed by atoms with E-state index in [4.69, 9.17) is 9.47 Å². The molecule has 0 radical (unpaired) electrons. The molecule has 0 heterocycles. The smallest absolute Gasteiger partial charge is 0.305 e. The second-order valence-corrected chi connectivity index (χ2v) is 5.05. The minimum absolute atomic E-state index is 0.502. The van der Waals surface area contributed by atoms with E-state index >= 15 is 0 Å². The van der Waals surface area contributed by atoms with E-state index in [1.165, 1.54) is 13.8 Å². The summed E-state index contributed by atoms with van der Waals surface area (Å²) in [5, 5.41) is 2.26. The fourth-order valence-corrected chi connectivity index (χ4v) is 2.14. The molecule has 0 spiro atoms. The molecule has 0 saturated carbocycles. The average Bonchev–Trinajstić information content (AvgIpc) is 2.45. The highest BCUT2D eigenvalue weighted by molar-refractivity contribution is 5.84. The minimum atomic E-state index is -0.999. The highest BCUT2D eigenvalue weighted by Crippen LogP contribution is 2.19. The van der Waals surface area contributed by atoms with Crippen molar-refractivity contribution in [3.05, 3.63) is 53.6 Å². The van der Waals surface area contributed by atoms with Gasteiger partial charge in [-0.2, -0.15) is 0 Å².